The summed E-state index contributed by atoms with van der Waals surface area (Å²) in [5, 5.41) is 3.79. The van der Waals surface area contributed by atoms with Crippen LogP contribution in [0.3, 0.4) is 0 Å². The first-order chi connectivity index (χ1) is 7.20. The molecule has 0 aliphatic heterocycles. The lowest BCUT2D eigenvalue weighted by Crippen LogP contribution is -1.91. The number of ether oxygens (including phenoxy) is 1. The van der Waals surface area contributed by atoms with E-state index in [0.29, 0.717) is 11.6 Å². The van der Waals surface area contributed by atoms with Gasteiger partial charge in [-0.3, -0.25) is 0 Å². The highest BCUT2D eigenvalue weighted by atomic mass is 79.9. The van der Waals surface area contributed by atoms with Gasteiger partial charge < -0.3 is 15.0 Å². The lowest BCUT2D eigenvalue weighted by Gasteiger charge is -2.03. The van der Waals surface area contributed by atoms with Crippen molar-refractivity contribution < 1.29 is 9.26 Å². The van der Waals surface area contributed by atoms with Gasteiger partial charge in [-0.25, -0.2) is 4.98 Å². The highest BCUT2D eigenvalue weighted by Crippen LogP contribution is 2.30. The number of aromatic nitrogens is 2. The lowest BCUT2D eigenvalue weighted by molar-refractivity contribution is 0.398. The van der Waals surface area contributed by atoms with Crippen molar-refractivity contribution >= 4 is 21.8 Å². The third kappa shape index (κ3) is 1.94. The van der Waals surface area contributed by atoms with Gasteiger partial charge in [0.25, 0.3) is 0 Å². The Morgan fingerprint density at radius 2 is 2.27 bits per heavy atom. The molecule has 0 spiro atoms. The highest BCUT2D eigenvalue weighted by Gasteiger charge is 2.12. The van der Waals surface area contributed by atoms with E-state index in [9.17, 15) is 0 Å². The summed E-state index contributed by atoms with van der Waals surface area (Å²) in [6, 6.07) is 3.45. The normalized spacial score (nSPS) is 10.3. The molecule has 2 heterocycles. The Balaban J connectivity index is 2.55. The Morgan fingerprint density at radius 1 is 1.47 bits per heavy atom. The maximum atomic E-state index is 5.44. The summed E-state index contributed by atoms with van der Waals surface area (Å²) < 4.78 is 10.7. The fourth-order valence-corrected chi connectivity index (χ4v) is 1.52. The number of pyridine rings is 1. The number of rotatable bonds is 2. The van der Waals surface area contributed by atoms with Crippen molar-refractivity contribution in [2.75, 3.05) is 12.8 Å². The number of nitrogens with two attached hydrogens (primary N) is 1. The Hall–Kier alpha value is -1.56. The Kier molecular flexibility index (Phi) is 2.59. The average molecular weight is 270 g/mol. The third-order valence-electron chi connectivity index (χ3n) is 1.82. The van der Waals surface area contributed by atoms with E-state index in [4.69, 9.17) is 15.0 Å². The van der Waals surface area contributed by atoms with Crippen molar-refractivity contribution in [3.05, 3.63) is 22.8 Å². The molecule has 0 saturated heterocycles. The van der Waals surface area contributed by atoms with Crippen LogP contribution in [0.5, 0.6) is 5.88 Å². The van der Waals surface area contributed by atoms with Crippen LogP contribution in [0.25, 0.3) is 11.3 Å². The Morgan fingerprint density at radius 3 is 2.87 bits per heavy atom. The van der Waals surface area contributed by atoms with E-state index in [2.05, 4.69) is 26.1 Å². The number of anilines is 1. The van der Waals surface area contributed by atoms with E-state index < -0.39 is 0 Å². The molecule has 78 valence electrons. The van der Waals surface area contributed by atoms with Gasteiger partial charge in [0.15, 0.2) is 0 Å². The topological polar surface area (TPSA) is 74.2 Å². The summed E-state index contributed by atoms with van der Waals surface area (Å²) in [5.41, 5.74) is 6.77. The van der Waals surface area contributed by atoms with Crippen molar-refractivity contribution in [2.24, 2.45) is 0 Å². The maximum absolute atomic E-state index is 5.44. The molecular formula is C9H8BrN3O2. The Labute approximate surface area is 94.4 Å². The van der Waals surface area contributed by atoms with Gasteiger partial charge in [0.1, 0.15) is 5.69 Å². The van der Waals surface area contributed by atoms with Gasteiger partial charge in [0.2, 0.25) is 11.8 Å². The lowest BCUT2D eigenvalue weighted by atomic mass is 10.2. The zero-order valence-electron chi connectivity index (χ0n) is 7.90. The second-order valence-corrected chi connectivity index (χ2v) is 3.74. The zero-order chi connectivity index (χ0) is 10.8. The van der Waals surface area contributed by atoms with Crippen LogP contribution in [0.15, 0.2) is 27.3 Å². The molecule has 2 aromatic rings. The van der Waals surface area contributed by atoms with Crippen LogP contribution >= 0.6 is 15.9 Å². The van der Waals surface area contributed by atoms with E-state index in [0.717, 1.165) is 10.0 Å². The predicted molar refractivity (Wildman–Crippen MR) is 58.4 cm³/mol. The third-order valence-corrected chi connectivity index (χ3v) is 2.25. The monoisotopic (exact) mass is 269 g/mol. The molecule has 0 amide bonds. The van der Waals surface area contributed by atoms with Crippen molar-refractivity contribution in [1.29, 1.82) is 0 Å². The summed E-state index contributed by atoms with van der Waals surface area (Å²) in [5.74, 6) is 0.735. The van der Waals surface area contributed by atoms with Crippen LogP contribution in [-0.2, 0) is 0 Å². The fourth-order valence-electron chi connectivity index (χ4n) is 1.19. The minimum atomic E-state index is 0.257. The maximum Gasteiger partial charge on any atom is 0.222 e. The number of nitrogens with zero attached hydrogens (tertiary/aromatic N) is 2. The quantitative estimate of drug-likeness (QED) is 0.904. The van der Waals surface area contributed by atoms with Gasteiger partial charge in [-0.15, -0.1) is 0 Å². The van der Waals surface area contributed by atoms with Gasteiger partial charge >= 0.3 is 0 Å². The number of hydrogen-bond acceptors (Lipinski definition) is 5. The summed E-state index contributed by atoms with van der Waals surface area (Å²) >= 11 is 3.32. The molecule has 0 bridgehead atoms. The fraction of sp³-hybridized carbons (Fsp3) is 0.111. The molecule has 2 aromatic heterocycles. The van der Waals surface area contributed by atoms with E-state index in [1.54, 1.807) is 19.4 Å². The highest BCUT2D eigenvalue weighted by molar-refractivity contribution is 9.10. The van der Waals surface area contributed by atoms with E-state index >= 15 is 0 Å². The number of halogens is 1. The second kappa shape index (κ2) is 3.90. The van der Waals surface area contributed by atoms with Crippen LogP contribution in [0.1, 0.15) is 0 Å². The van der Waals surface area contributed by atoms with Crippen LogP contribution in [0, 0.1) is 0 Å². The summed E-state index contributed by atoms with van der Waals surface area (Å²) in [7, 11) is 1.54. The van der Waals surface area contributed by atoms with Crippen molar-refractivity contribution in [3.63, 3.8) is 0 Å². The van der Waals surface area contributed by atoms with Crippen LogP contribution in [0.4, 0.5) is 5.88 Å². The van der Waals surface area contributed by atoms with Gasteiger partial charge in [-0.1, -0.05) is 5.16 Å². The molecule has 0 aliphatic carbocycles. The van der Waals surface area contributed by atoms with Crippen LogP contribution < -0.4 is 10.5 Å². The van der Waals surface area contributed by atoms with Gasteiger partial charge in [0.05, 0.1) is 12.7 Å². The van der Waals surface area contributed by atoms with Crippen molar-refractivity contribution in [2.45, 2.75) is 0 Å². The largest absolute Gasteiger partial charge is 0.481 e. The zero-order valence-corrected chi connectivity index (χ0v) is 9.48. The van der Waals surface area contributed by atoms with E-state index in [1.165, 1.54) is 0 Å². The summed E-state index contributed by atoms with van der Waals surface area (Å²) in [6.45, 7) is 0. The molecular weight excluding hydrogens is 262 g/mol. The molecule has 5 nitrogen and oxygen atoms in total. The molecule has 15 heavy (non-hydrogen) atoms. The SMILES string of the molecule is COc1ncc(Br)cc1-c1cc(N)on1. The Bertz CT molecular complexity index is 484. The molecule has 0 aliphatic rings. The van der Waals surface area contributed by atoms with Gasteiger partial charge in [0, 0.05) is 16.7 Å². The molecule has 2 rings (SSSR count). The van der Waals surface area contributed by atoms with Crippen molar-refractivity contribution in [3.8, 4) is 17.1 Å². The van der Waals surface area contributed by atoms with E-state index in [1.807, 2.05) is 6.07 Å². The molecule has 0 atom stereocenters. The van der Waals surface area contributed by atoms with Crippen molar-refractivity contribution in [1.82, 2.24) is 10.1 Å². The average Bonchev–Trinajstić information content (AvgIpc) is 2.65. The van der Waals surface area contributed by atoms with Crippen LogP contribution in [-0.4, -0.2) is 17.3 Å². The summed E-state index contributed by atoms with van der Waals surface area (Å²) in [4.78, 5) is 4.09. The molecule has 6 heteroatoms. The van der Waals surface area contributed by atoms with Crippen LogP contribution in [0.2, 0.25) is 0 Å². The smallest absolute Gasteiger partial charge is 0.222 e. The predicted octanol–water partition coefficient (Wildman–Crippen LogP) is 2.09. The molecule has 0 aromatic carbocycles. The van der Waals surface area contributed by atoms with Gasteiger partial charge in [-0.2, -0.15) is 0 Å². The first kappa shape index (κ1) is 9.97. The summed E-state index contributed by atoms with van der Waals surface area (Å²) in [6.07, 6.45) is 1.64. The van der Waals surface area contributed by atoms with E-state index in [-0.39, 0.29) is 5.88 Å². The molecule has 0 fully saturated rings. The minimum absolute atomic E-state index is 0.257. The minimum Gasteiger partial charge on any atom is -0.481 e. The first-order valence-corrected chi connectivity index (χ1v) is 4.92. The molecule has 0 saturated carbocycles. The number of nitrogen functional groups attached to an aromatic ring is 1. The standard InChI is InChI=1S/C9H8BrN3O2/c1-14-9-6(2-5(10)4-12-9)7-3-8(11)15-13-7/h2-4H,11H2,1H3. The number of methoxy groups -OCH3 is 1. The molecule has 0 radical (unpaired) electrons. The molecule has 2 N–H and O–H groups in total. The second-order valence-electron chi connectivity index (χ2n) is 2.82. The first-order valence-electron chi connectivity index (χ1n) is 4.13. The molecule has 0 unspecified atom stereocenters. The van der Waals surface area contributed by atoms with Gasteiger partial charge in [-0.05, 0) is 22.0 Å². The number of hydrogen-bond donors (Lipinski definition) is 1.